The Morgan fingerprint density at radius 3 is 2.71 bits per heavy atom. The number of hydrogen-bond acceptors (Lipinski definition) is 4. The first-order valence-corrected chi connectivity index (χ1v) is 6.22. The number of amides is 2. The molecule has 6 heteroatoms. The van der Waals surface area contributed by atoms with Gasteiger partial charge >= 0.3 is 5.97 Å². The summed E-state index contributed by atoms with van der Waals surface area (Å²) in [5.41, 5.74) is 1.13. The monoisotopic (exact) mass is 282 g/mol. The summed E-state index contributed by atoms with van der Waals surface area (Å²) in [4.78, 5) is 40.3. The van der Waals surface area contributed by atoms with Crippen molar-refractivity contribution < 1.29 is 19.5 Å². The minimum atomic E-state index is -1.21. The predicted molar refractivity (Wildman–Crippen MR) is 73.2 cm³/mol. The Labute approximate surface area is 119 Å². The van der Waals surface area contributed by atoms with Gasteiger partial charge in [0, 0.05) is 11.8 Å². The number of carbonyl (C=O) groups is 3. The topological polar surface area (TPSA) is 87.6 Å². The van der Waals surface area contributed by atoms with Gasteiger partial charge in [-0.1, -0.05) is 18.2 Å². The van der Waals surface area contributed by atoms with E-state index in [1.54, 1.807) is 24.3 Å². The van der Waals surface area contributed by atoms with E-state index >= 15 is 0 Å². The maximum Gasteiger partial charge on any atom is 0.354 e. The van der Waals surface area contributed by atoms with Crippen LogP contribution in [0.2, 0.25) is 0 Å². The number of aromatic carboxylic acids is 1. The van der Waals surface area contributed by atoms with Crippen LogP contribution in [0.5, 0.6) is 0 Å². The number of aromatic nitrogens is 1. The zero-order valence-electron chi connectivity index (χ0n) is 10.8. The van der Waals surface area contributed by atoms with Gasteiger partial charge in [-0.15, -0.1) is 0 Å². The second-order valence-corrected chi connectivity index (χ2v) is 4.57. The molecule has 1 N–H and O–H groups in total. The van der Waals surface area contributed by atoms with E-state index in [4.69, 9.17) is 5.11 Å². The molecule has 1 aromatic carbocycles. The smallest absolute Gasteiger partial charge is 0.354 e. The van der Waals surface area contributed by atoms with E-state index < -0.39 is 11.9 Å². The van der Waals surface area contributed by atoms with Crippen LogP contribution >= 0.6 is 0 Å². The third-order valence-electron chi connectivity index (χ3n) is 3.26. The molecule has 6 nitrogen and oxygen atoms in total. The van der Waals surface area contributed by atoms with Gasteiger partial charge in [0.2, 0.25) is 5.91 Å². The molecule has 2 heterocycles. The fourth-order valence-electron chi connectivity index (χ4n) is 2.30. The Morgan fingerprint density at radius 1 is 1.19 bits per heavy atom. The molecular weight excluding hydrogens is 272 g/mol. The molecule has 1 aliphatic heterocycles. The minimum Gasteiger partial charge on any atom is -0.477 e. The van der Waals surface area contributed by atoms with Crippen molar-refractivity contribution in [2.75, 3.05) is 4.90 Å². The fourth-order valence-corrected chi connectivity index (χ4v) is 2.30. The Kier molecular flexibility index (Phi) is 2.98. The van der Waals surface area contributed by atoms with Crippen LogP contribution < -0.4 is 4.90 Å². The molecule has 0 saturated carbocycles. The summed E-state index contributed by atoms with van der Waals surface area (Å²) >= 11 is 0. The fraction of sp³-hybridized carbons (Fsp3) is 0.0667. The Hall–Kier alpha value is -3.02. The first-order chi connectivity index (χ1) is 10.1. The predicted octanol–water partition coefficient (Wildman–Crippen LogP) is 1.51. The number of nitrogens with zero attached hydrogens (tertiary/aromatic N) is 2. The highest BCUT2D eigenvalue weighted by Crippen LogP contribution is 2.25. The molecule has 0 spiro atoms. The van der Waals surface area contributed by atoms with Crippen molar-refractivity contribution in [3.63, 3.8) is 0 Å². The summed E-state index contributed by atoms with van der Waals surface area (Å²) in [6.45, 7) is 0. The summed E-state index contributed by atoms with van der Waals surface area (Å²) in [6, 6.07) is 9.53. The van der Waals surface area contributed by atoms with E-state index in [1.165, 1.54) is 18.3 Å². The summed E-state index contributed by atoms with van der Waals surface area (Å²) in [7, 11) is 0. The standard InChI is InChI=1S/C15H10N2O4/c18-13-7-9-3-1-2-4-11(9)14(19)17(13)10-5-6-16-12(8-10)15(20)21/h1-6,8H,7H2,(H,20,21). The number of pyridine rings is 1. The van der Waals surface area contributed by atoms with E-state index in [2.05, 4.69) is 4.98 Å². The highest BCUT2D eigenvalue weighted by molar-refractivity contribution is 6.24. The van der Waals surface area contributed by atoms with Crippen LogP contribution in [0.25, 0.3) is 0 Å². The van der Waals surface area contributed by atoms with Gasteiger partial charge in [0.25, 0.3) is 5.91 Å². The second-order valence-electron chi connectivity index (χ2n) is 4.57. The van der Waals surface area contributed by atoms with Gasteiger partial charge in [-0.05, 0) is 23.8 Å². The quantitative estimate of drug-likeness (QED) is 0.843. The van der Waals surface area contributed by atoms with E-state index in [0.29, 0.717) is 11.1 Å². The number of anilines is 1. The van der Waals surface area contributed by atoms with E-state index in [1.807, 2.05) is 0 Å². The number of carboxylic acids is 1. The van der Waals surface area contributed by atoms with Crippen LogP contribution in [0.15, 0.2) is 42.6 Å². The van der Waals surface area contributed by atoms with Crippen LogP contribution in [-0.4, -0.2) is 27.9 Å². The van der Waals surface area contributed by atoms with Crippen molar-refractivity contribution >= 4 is 23.5 Å². The number of imide groups is 1. The number of benzene rings is 1. The van der Waals surface area contributed by atoms with E-state index in [-0.39, 0.29) is 23.7 Å². The zero-order chi connectivity index (χ0) is 15.0. The highest BCUT2D eigenvalue weighted by atomic mass is 16.4. The molecule has 0 fully saturated rings. The Balaban J connectivity index is 2.07. The van der Waals surface area contributed by atoms with Gasteiger partial charge in [0.1, 0.15) is 5.69 Å². The Bertz CT molecular complexity index is 770. The van der Waals surface area contributed by atoms with Gasteiger partial charge in [-0.2, -0.15) is 0 Å². The lowest BCUT2D eigenvalue weighted by atomic mass is 9.98. The van der Waals surface area contributed by atoms with Crippen LogP contribution in [0.4, 0.5) is 5.69 Å². The maximum absolute atomic E-state index is 12.4. The van der Waals surface area contributed by atoms with Gasteiger partial charge in [-0.3, -0.25) is 9.59 Å². The lowest BCUT2D eigenvalue weighted by molar-refractivity contribution is -0.117. The van der Waals surface area contributed by atoms with E-state index in [0.717, 1.165) is 4.90 Å². The molecule has 3 rings (SSSR count). The van der Waals surface area contributed by atoms with Gasteiger partial charge in [0.05, 0.1) is 12.1 Å². The number of carbonyl (C=O) groups excluding carboxylic acids is 2. The molecule has 0 atom stereocenters. The molecule has 21 heavy (non-hydrogen) atoms. The number of rotatable bonds is 2. The van der Waals surface area contributed by atoms with Crippen LogP contribution in [-0.2, 0) is 11.2 Å². The average Bonchev–Trinajstić information content (AvgIpc) is 2.47. The van der Waals surface area contributed by atoms with Crippen LogP contribution in [0, 0.1) is 0 Å². The van der Waals surface area contributed by atoms with Crippen molar-refractivity contribution in [1.29, 1.82) is 0 Å². The molecule has 0 bridgehead atoms. The number of hydrogen-bond donors (Lipinski definition) is 1. The maximum atomic E-state index is 12.4. The SMILES string of the molecule is O=C(O)c1cc(N2C(=O)Cc3ccccc3C2=O)ccn1. The largest absolute Gasteiger partial charge is 0.477 e. The average molecular weight is 282 g/mol. The molecule has 2 amide bonds. The molecule has 0 saturated heterocycles. The third-order valence-corrected chi connectivity index (χ3v) is 3.26. The molecule has 1 aliphatic rings. The van der Waals surface area contributed by atoms with Crippen molar-refractivity contribution in [3.8, 4) is 0 Å². The Morgan fingerprint density at radius 2 is 1.95 bits per heavy atom. The first kappa shape index (κ1) is 13.0. The summed E-state index contributed by atoms with van der Waals surface area (Å²) in [6.07, 6.45) is 1.37. The molecule has 104 valence electrons. The zero-order valence-corrected chi connectivity index (χ0v) is 10.8. The van der Waals surface area contributed by atoms with Crippen molar-refractivity contribution in [1.82, 2.24) is 4.98 Å². The first-order valence-electron chi connectivity index (χ1n) is 6.22. The summed E-state index contributed by atoms with van der Waals surface area (Å²) < 4.78 is 0. The van der Waals surface area contributed by atoms with Crippen LogP contribution in [0.3, 0.4) is 0 Å². The van der Waals surface area contributed by atoms with E-state index in [9.17, 15) is 14.4 Å². The van der Waals surface area contributed by atoms with Gasteiger partial charge < -0.3 is 5.11 Å². The molecule has 2 aromatic rings. The second kappa shape index (κ2) is 4.82. The van der Waals surface area contributed by atoms with Crippen molar-refractivity contribution in [3.05, 3.63) is 59.4 Å². The minimum absolute atomic E-state index is 0.104. The molecular formula is C15H10N2O4. The lowest BCUT2D eigenvalue weighted by Gasteiger charge is -2.26. The highest BCUT2D eigenvalue weighted by Gasteiger charge is 2.32. The molecule has 0 unspecified atom stereocenters. The normalized spacial score (nSPS) is 14.0. The molecule has 0 aliphatic carbocycles. The van der Waals surface area contributed by atoms with Crippen molar-refractivity contribution in [2.24, 2.45) is 0 Å². The van der Waals surface area contributed by atoms with Crippen LogP contribution in [0.1, 0.15) is 26.4 Å². The molecule has 1 aromatic heterocycles. The van der Waals surface area contributed by atoms with Gasteiger partial charge in [0.15, 0.2) is 0 Å². The summed E-state index contributed by atoms with van der Waals surface area (Å²) in [5, 5.41) is 8.95. The number of carboxylic acid groups (broad SMARTS) is 1. The molecule has 0 radical (unpaired) electrons. The lowest BCUT2D eigenvalue weighted by Crippen LogP contribution is -2.42. The van der Waals surface area contributed by atoms with Gasteiger partial charge in [-0.25, -0.2) is 14.7 Å². The number of fused-ring (bicyclic) bond motifs is 1. The van der Waals surface area contributed by atoms with Crippen molar-refractivity contribution in [2.45, 2.75) is 6.42 Å². The summed E-state index contributed by atoms with van der Waals surface area (Å²) in [5.74, 6) is -2.06. The third kappa shape index (κ3) is 2.16.